The number of fused-ring (bicyclic) bond motifs is 1. The highest BCUT2D eigenvalue weighted by molar-refractivity contribution is 5.82. The summed E-state index contributed by atoms with van der Waals surface area (Å²) in [5, 5.41) is 10.7. The maximum Gasteiger partial charge on any atom is 0.349 e. The molecule has 29 heavy (non-hydrogen) atoms. The van der Waals surface area contributed by atoms with E-state index in [1.165, 1.54) is 5.56 Å². The van der Waals surface area contributed by atoms with Gasteiger partial charge in [-0.2, -0.15) is 0 Å². The standard InChI is InChI=1S/C25H21NO3/c1-17-15-20(22-9-5-6-10-23(22)26-17)16-18-11-13-21(14-12-18)29-24(25(27)28)19-7-3-2-4-8-19/h2-15,24H,16H2,1H3,(H,27,28). The number of aryl methyl sites for hydroxylation is 1. The number of benzene rings is 3. The van der Waals surface area contributed by atoms with Crippen molar-refractivity contribution in [3.8, 4) is 5.75 Å². The number of aliphatic carboxylic acids is 1. The highest BCUT2D eigenvalue weighted by Gasteiger charge is 2.21. The third-order valence-corrected chi connectivity index (χ3v) is 4.83. The molecule has 4 rings (SSSR count). The molecule has 0 spiro atoms. The SMILES string of the molecule is Cc1cc(Cc2ccc(OC(C(=O)O)c3ccccc3)cc2)c2ccccc2n1. The first-order valence-electron chi connectivity index (χ1n) is 9.49. The van der Waals surface area contributed by atoms with E-state index in [4.69, 9.17) is 4.74 Å². The Morgan fingerprint density at radius 2 is 1.66 bits per heavy atom. The van der Waals surface area contributed by atoms with E-state index in [0.29, 0.717) is 11.3 Å². The summed E-state index contributed by atoms with van der Waals surface area (Å²) in [6.07, 6.45) is -0.264. The molecular weight excluding hydrogens is 362 g/mol. The molecule has 4 heteroatoms. The number of ether oxygens (including phenoxy) is 1. The normalized spacial score (nSPS) is 11.9. The van der Waals surface area contributed by atoms with Crippen LogP contribution >= 0.6 is 0 Å². The lowest BCUT2D eigenvalue weighted by molar-refractivity contribution is -0.145. The third kappa shape index (κ3) is 4.27. The van der Waals surface area contributed by atoms with Crippen molar-refractivity contribution in [1.29, 1.82) is 0 Å². The Balaban J connectivity index is 1.55. The Hall–Kier alpha value is -3.66. The van der Waals surface area contributed by atoms with Gasteiger partial charge in [0.25, 0.3) is 0 Å². The zero-order valence-electron chi connectivity index (χ0n) is 16.1. The molecule has 0 saturated carbocycles. The smallest absolute Gasteiger partial charge is 0.349 e. The Morgan fingerprint density at radius 3 is 2.38 bits per heavy atom. The zero-order chi connectivity index (χ0) is 20.2. The summed E-state index contributed by atoms with van der Waals surface area (Å²) >= 11 is 0. The van der Waals surface area contributed by atoms with Crippen LogP contribution in [-0.2, 0) is 11.2 Å². The van der Waals surface area contributed by atoms with Gasteiger partial charge in [-0.3, -0.25) is 4.98 Å². The van der Waals surface area contributed by atoms with E-state index in [2.05, 4.69) is 17.1 Å². The van der Waals surface area contributed by atoms with E-state index in [0.717, 1.165) is 28.6 Å². The van der Waals surface area contributed by atoms with E-state index in [-0.39, 0.29) is 0 Å². The maximum atomic E-state index is 11.6. The van der Waals surface area contributed by atoms with Gasteiger partial charge in [-0.1, -0.05) is 60.7 Å². The minimum atomic E-state index is -1.03. The van der Waals surface area contributed by atoms with Crippen LogP contribution in [0.15, 0.2) is 84.9 Å². The van der Waals surface area contributed by atoms with Crippen LogP contribution in [0.25, 0.3) is 10.9 Å². The lowest BCUT2D eigenvalue weighted by Gasteiger charge is -2.16. The van der Waals surface area contributed by atoms with E-state index in [9.17, 15) is 9.90 Å². The Kier molecular flexibility index (Phi) is 5.25. The topological polar surface area (TPSA) is 59.4 Å². The number of nitrogens with zero attached hydrogens (tertiary/aromatic N) is 1. The number of carbonyl (C=O) groups is 1. The second kappa shape index (κ2) is 8.15. The van der Waals surface area contributed by atoms with Gasteiger partial charge in [0, 0.05) is 16.6 Å². The van der Waals surface area contributed by atoms with Crippen molar-refractivity contribution in [2.45, 2.75) is 19.4 Å². The second-order valence-electron chi connectivity index (χ2n) is 7.01. The molecule has 0 saturated heterocycles. The summed E-state index contributed by atoms with van der Waals surface area (Å²) in [5.41, 5.74) is 4.94. The van der Waals surface area contributed by atoms with Gasteiger partial charge < -0.3 is 9.84 Å². The molecular formula is C25H21NO3. The Morgan fingerprint density at radius 1 is 0.966 bits per heavy atom. The molecule has 0 bridgehead atoms. The van der Waals surface area contributed by atoms with Gasteiger partial charge in [-0.05, 0) is 48.7 Å². The number of rotatable bonds is 6. The monoisotopic (exact) mass is 383 g/mol. The van der Waals surface area contributed by atoms with Crippen molar-refractivity contribution >= 4 is 16.9 Å². The fraction of sp³-hybridized carbons (Fsp3) is 0.120. The van der Waals surface area contributed by atoms with Crippen LogP contribution in [0.3, 0.4) is 0 Å². The van der Waals surface area contributed by atoms with Crippen molar-refractivity contribution in [3.63, 3.8) is 0 Å². The van der Waals surface area contributed by atoms with Gasteiger partial charge in [0.2, 0.25) is 6.10 Å². The zero-order valence-corrected chi connectivity index (χ0v) is 16.1. The van der Waals surface area contributed by atoms with Gasteiger partial charge in [0.05, 0.1) is 5.52 Å². The van der Waals surface area contributed by atoms with Crippen LogP contribution in [0.1, 0.15) is 28.5 Å². The molecule has 0 aliphatic rings. The molecule has 0 aliphatic carbocycles. The van der Waals surface area contributed by atoms with Gasteiger partial charge in [-0.25, -0.2) is 4.79 Å². The largest absolute Gasteiger partial charge is 0.478 e. The minimum Gasteiger partial charge on any atom is -0.478 e. The van der Waals surface area contributed by atoms with Gasteiger partial charge >= 0.3 is 5.97 Å². The number of carboxylic acid groups (broad SMARTS) is 1. The van der Waals surface area contributed by atoms with Crippen LogP contribution in [0.4, 0.5) is 0 Å². The molecule has 1 aromatic heterocycles. The molecule has 0 fully saturated rings. The van der Waals surface area contributed by atoms with Crippen molar-refractivity contribution in [1.82, 2.24) is 4.98 Å². The first kappa shape index (κ1) is 18.7. The molecule has 4 nitrogen and oxygen atoms in total. The summed E-state index contributed by atoms with van der Waals surface area (Å²) in [6, 6.07) is 26.8. The summed E-state index contributed by atoms with van der Waals surface area (Å²) in [5.74, 6) is -0.486. The molecule has 1 heterocycles. The van der Waals surface area contributed by atoms with E-state index in [1.807, 2.05) is 55.5 Å². The molecule has 3 aromatic carbocycles. The average Bonchev–Trinajstić information content (AvgIpc) is 2.73. The summed E-state index contributed by atoms with van der Waals surface area (Å²) in [7, 11) is 0. The molecule has 1 unspecified atom stereocenters. The number of hydrogen-bond acceptors (Lipinski definition) is 3. The van der Waals surface area contributed by atoms with Gasteiger partial charge in [0.1, 0.15) is 5.75 Å². The van der Waals surface area contributed by atoms with Crippen LogP contribution in [0, 0.1) is 6.92 Å². The molecule has 4 aromatic rings. The minimum absolute atomic E-state index is 0.528. The van der Waals surface area contributed by atoms with Crippen molar-refractivity contribution in [3.05, 3.63) is 107 Å². The highest BCUT2D eigenvalue weighted by atomic mass is 16.5. The van der Waals surface area contributed by atoms with Crippen molar-refractivity contribution in [2.24, 2.45) is 0 Å². The van der Waals surface area contributed by atoms with Crippen LogP contribution in [-0.4, -0.2) is 16.1 Å². The van der Waals surface area contributed by atoms with E-state index < -0.39 is 12.1 Å². The molecule has 1 N–H and O–H groups in total. The number of para-hydroxylation sites is 1. The number of aromatic nitrogens is 1. The fourth-order valence-electron chi connectivity index (χ4n) is 3.47. The summed E-state index contributed by atoms with van der Waals surface area (Å²) < 4.78 is 5.75. The summed E-state index contributed by atoms with van der Waals surface area (Å²) in [6.45, 7) is 2.00. The van der Waals surface area contributed by atoms with Crippen LogP contribution in [0.2, 0.25) is 0 Å². The first-order valence-corrected chi connectivity index (χ1v) is 9.49. The Bertz CT molecular complexity index is 1140. The van der Waals surface area contributed by atoms with Crippen LogP contribution in [0.5, 0.6) is 5.75 Å². The van der Waals surface area contributed by atoms with E-state index >= 15 is 0 Å². The third-order valence-electron chi connectivity index (χ3n) is 4.83. The maximum absolute atomic E-state index is 11.6. The van der Waals surface area contributed by atoms with Crippen molar-refractivity contribution in [2.75, 3.05) is 0 Å². The van der Waals surface area contributed by atoms with Crippen LogP contribution < -0.4 is 4.74 Å². The second-order valence-corrected chi connectivity index (χ2v) is 7.01. The quantitative estimate of drug-likeness (QED) is 0.488. The summed E-state index contributed by atoms with van der Waals surface area (Å²) in [4.78, 5) is 16.2. The number of hydrogen-bond donors (Lipinski definition) is 1. The highest BCUT2D eigenvalue weighted by Crippen LogP contribution is 2.25. The number of carboxylic acids is 1. The lowest BCUT2D eigenvalue weighted by Crippen LogP contribution is -2.18. The van der Waals surface area contributed by atoms with E-state index in [1.54, 1.807) is 24.3 Å². The average molecular weight is 383 g/mol. The Labute approximate surface area is 169 Å². The molecule has 0 aliphatic heterocycles. The van der Waals surface area contributed by atoms with Gasteiger partial charge in [-0.15, -0.1) is 0 Å². The fourth-order valence-corrected chi connectivity index (χ4v) is 3.47. The lowest BCUT2D eigenvalue weighted by atomic mass is 10.00. The molecule has 0 radical (unpaired) electrons. The molecule has 1 atom stereocenters. The first-order chi connectivity index (χ1) is 14.1. The molecule has 0 amide bonds. The van der Waals surface area contributed by atoms with Gasteiger partial charge in [0.15, 0.2) is 0 Å². The number of pyridine rings is 1. The van der Waals surface area contributed by atoms with Crippen molar-refractivity contribution < 1.29 is 14.6 Å². The predicted octanol–water partition coefficient (Wildman–Crippen LogP) is 5.34. The predicted molar refractivity (Wildman–Crippen MR) is 113 cm³/mol. The molecule has 144 valence electrons.